The number of rotatable bonds is 7. The van der Waals surface area contributed by atoms with Gasteiger partial charge in [-0.25, -0.2) is 14.6 Å². The van der Waals surface area contributed by atoms with E-state index in [1.807, 2.05) is 18.2 Å². The minimum Gasteiger partial charge on any atom is -0.382 e. The maximum absolute atomic E-state index is 13.1. The smallest absolute Gasteiger partial charge is 0.284 e. The van der Waals surface area contributed by atoms with Crippen molar-refractivity contribution < 1.29 is 9.59 Å². The normalized spacial score (nSPS) is 11.3. The zero-order chi connectivity index (χ0) is 28.3. The molecule has 0 aliphatic rings. The predicted octanol–water partition coefficient (Wildman–Crippen LogP) is 3.94. The number of nitrogens with zero attached hydrogens (tertiary/aromatic N) is 4. The lowest BCUT2D eigenvalue weighted by Gasteiger charge is -2.18. The van der Waals surface area contributed by atoms with Crippen molar-refractivity contribution in [2.75, 3.05) is 17.6 Å². The number of carbonyl (C=O) groups is 2. The Labute approximate surface area is 226 Å². The Bertz CT molecular complexity index is 1560. The highest BCUT2D eigenvalue weighted by molar-refractivity contribution is 6.05. The van der Waals surface area contributed by atoms with E-state index in [9.17, 15) is 14.4 Å². The molecule has 4 aromatic rings. The summed E-state index contributed by atoms with van der Waals surface area (Å²) in [4.78, 5) is 47.4. The van der Waals surface area contributed by atoms with Gasteiger partial charge in [-0.3, -0.25) is 19.1 Å². The number of hydrogen-bond donors (Lipinski definition) is 3. The molecule has 2 amide bonds. The van der Waals surface area contributed by atoms with Gasteiger partial charge in [0.25, 0.3) is 17.4 Å². The summed E-state index contributed by atoms with van der Waals surface area (Å²) in [5.41, 5.74) is 8.66. The predicted molar refractivity (Wildman–Crippen MR) is 152 cm³/mol. The molecule has 4 N–H and O–H groups in total. The van der Waals surface area contributed by atoms with Crippen molar-refractivity contribution in [2.24, 2.45) is 12.5 Å². The van der Waals surface area contributed by atoms with Crippen LogP contribution in [0.4, 0.5) is 11.5 Å². The molecule has 2 aromatic carbocycles. The number of benzene rings is 2. The van der Waals surface area contributed by atoms with Crippen LogP contribution in [0.25, 0.3) is 16.9 Å². The Morgan fingerprint density at radius 1 is 1.00 bits per heavy atom. The molecule has 0 saturated heterocycles. The third-order valence-corrected chi connectivity index (χ3v) is 6.39. The molecule has 202 valence electrons. The number of amides is 2. The van der Waals surface area contributed by atoms with E-state index in [4.69, 9.17) is 5.73 Å². The molecule has 0 unspecified atom stereocenters. The number of nitrogen functional groups attached to an aromatic ring is 1. The largest absolute Gasteiger partial charge is 0.382 e. The number of hydrogen-bond acceptors (Lipinski definition) is 6. The van der Waals surface area contributed by atoms with Crippen LogP contribution in [-0.4, -0.2) is 37.7 Å². The quantitative estimate of drug-likeness (QED) is 0.333. The van der Waals surface area contributed by atoms with Crippen LogP contribution in [-0.2, 0) is 7.05 Å². The van der Waals surface area contributed by atoms with E-state index in [1.165, 1.54) is 10.9 Å². The molecule has 10 heteroatoms. The molecular weight excluding hydrogens is 494 g/mol. The lowest BCUT2D eigenvalue weighted by atomic mass is 9.92. The second-order valence-electron chi connectivity index (χ2n) is 10.5. The summed E-state index contributed by atoms with van der Waals surface area (Å²) in [5, 5.41) is 5.66. The lowest BCUT2D eigenvalue weighted by Crippen LogP contribution is -2.28. The van der Waals surface area contributed by atoms with Crippen molar-refractivity contribution in [2.45, 2.75) is 34.1 Å². The van der Waals surface area contributed by atoms with E-state index < -0.39 is 11.5 Å². The summed E-state index contributed by atoms with van der Waals surface area (Å²) in [6.07, 6.45) is 2.17. The minimum absolute atomic E-state index is 0.0608. The van der Waals surface area contributed by atoms with Crippen molar-refractivity contribution in [3.63, 3.8) is 0 Å². The zero-order valence-corrected chi connectivity index (χ0v) is 22.8. The number of carbonyl (C=O) groups excluding carboxylic acids is 2. The van der Waals surface area contributed by atoms with Gasteiger partial charge < -0.3 is 16.4 Å². The standard InChI is InChI=1S/C29H33N7O3/c1-18-23(28(39)36(35(18)5)21-9-7-6-8-10-21)27(38)33-20-13-11-19(12-14-20)24-25(30)32-17-22(34-24)26(37)31-16-15-29(2,3)4/h6-14,17H,15-16H2,1-5H3,(H2,30,32)(H,31,37)(H,33,38). The molecule has 2 heterocycles. The fourth-order valence-corrected chi connectivity index (χ4v) is 4.10. The third kappa shape index (κ3) is 6.06. The van der Waals surface area contributed by atoms with Gasteiger partial charge in [0.1, 0.15) is 22.8 Å². The summed E-state index contributed by atoms with van der Waals surface area (Å²) < 4.78 is 3.12. The average Bonchev–Trinajstić information content (AvgIpc) is 3.12. The third-order valence-electron chi connectivity index (χ3n) is 6.39. The van der Waals surface area contributed by atoms with E-state index >= 15 is 0 Å². The topological polar surface area (TPSA) is 137 Å². The fourth-order valence-electron chi connectivity index (χ4n) is 4.10. The summed E-state index contributed by atoms with van der Waals surface area (Å²) in [7, 11) is 1.74. The van der Waals surface area contributed by atoms with Gasteiger partial charge in [-0.1, -0.05) is 51.1 Å². The molecule has 4 rings (SSSR count). The zero-order valence-electron chi connectivity index (χ0n) is 22.8. The van der Waals surface area contributed by atoms with E-state index in [0.29, 0.717) is 34.9 Å². The van der Waals surface area contributed by atoms with Crippen molar-refractivity contribution in [3.05, 3.63) is 88.1 Å². The number of anilines is 2. The van der Waals surface area contributed by atoms with E-state index in [2.05, 4.69) is 41.4 Å². The molecule has 2 aromatic heterocycles. The summed E-state index contributed by atoms with van der Waals surface area (Å²) in [6.45, 7) is 8.57. The first-order valence-corrected chi connectivity index (χ1v) is 12.6. The first-order valence-electron chi connectivity index (χ1n) is 12.6. The second kappa shape index (κ2) is 10.9. The summed E-state index contributed by atoms with van der Waals surface area (Å²) in [6, 6.07) is 15.9. The Hall–Kier alpha value is -4.73. The van der Waals surface area contributed by atoms with Crippen molar-refractivity contribution in [3.8, 4) is 16.9 Å². The Morgan fingerprint density at radius 2 is 1.67 bits per heavy atom. The van der Waals surface area contributed by atoms with Crippen LogP contribution in [0.2, 0.25) is 0 Å². The Morgan fingerprint density at radius 3 is 2.31 bits per heavy atom. The Kier molecular flexibility index (Phi) is 7.66. The van der Waals surface area contributed by atoms with Crippen LogP contribution in [0, 0.1) is 12.3 Å². The highest BCUT2D eigenvalue weighted by Crippen LogP contribution is 2.24. The monoisotopic (exact) mass is 527 g/mol. The van der Waals surface area contributed by atoms with Gasteiger partial charge in [0.2, 0.25) is 0 Å². The molecule has 0 atom stereocenters. The van der Waals surface area contributed by atoms with Gasteiger partial charge in [0, 0.05) is 24.8 Å². The molecule has 0 saturated carbocycles. The van der Waals surface area contributed by atoms with E-state index in [1.54, 1.807) is 55.1 Å². The van der Waals surface area contributed by atoms with E-state index in [-0.39, 0.29) is 28.4 Å². The highest BCUT2D eigenvalue weighted by Gasteiger charge is 2.22. The first kappa shape index (κ1) is 27.3. The second-order valence-corrected chi connectivity index (χ2v) is 10.5. The van der Waals surface area contributed by atoms with Crippen molar-refractivity contribution in [1.82, 2.24) is 24.6 Å². The van der Waals surface area contributed by atoms with Crippen LogP contribution < -0.4 is 21.9 Å². The number of nitrogens with two attached hydrogens (primary N) is 1. The molecule has 10 nitrogen and oxygen atoms in total. The van der Waals surface area contributed by atoms with Gasteiger partial charge >= 0.3 is 0 Å². The molecule has 0 aliphatic heterocycles. The van der Waals surface area contributed by atoms with Crippen LogP contribution in [0.3, 0.4) is 0 Å². The maximum atomic E-state index is 13.1. The van der Waals surface area contributed by atoms with Gasteiger partial charge in [0.05, 0.1) is 17.6 Å². The SMILES string of the molecule is Cc1c(C(=O)Nc2ccc(-c3nc(C(=O)NCCC(C)(C)C)cnc3N)cc2)c(=O)n(-c2ccccc2)n1C. The average molecular weight is 528 g/mol. The molecule has 0 spiro atoms. The van der Waals surface area contributed by atoms with Gasteiger partial charge in [-0.05, 0) is 43.0 Å². The van der Waals surface area contributed by atoms with Crippen LogP contribution in [0.1, 0.15) is 53.7 Å². The fraction of sp³-hybridized carbons (Fsp3) is 0.276. The minimum atomic E-state index is -0.510. The lowest BCUT2D eigenvalue weighted by molar-refractivity contribution is 0.0943. The van der Waals surface area contributed by atoms with Crippen LogP contribution in [0.5, 0.6) is 0 Å². The van der Waals surface area contributed by atoms with Crippen molar-refractivity contribution >= 4 is 23.3 Å². The summed E-state index contributed by atoms with van der Waals surface area (Å²) in [5.74, 6) is -0.653. The number of nitrogens with one attached hydrogen (secondary N) is 2. The van der Waals surface area contributed by atoms with Crippen LogP contribution >= 0.6 is 0 Å². The summed E-state index contributed by atoms with van der Waals surface area (Å²) >= 11 is 0. The van der Waals surface area contributed by atoms with Crippen molar-refractivity contribution in [1.29, 1.82) is 0 Å². The number of para-hydroxylation sites is 1. The van der Waals surface area contributed by atoms with E-state index in [0.717, 1.165) is 6.42 Å². The van der Waals surface area contributed by atoms with Crippen LogP contribution in [0.15, 0.2) is 65.6 Å². The molecule has 0 radical (unpaired) electrons. The van der Waals surface area contributed by atoms with Gasteiger partial charge in [0.15, 0.2) is 0 Å². The highest BCUT2D eigenvalue weighted by atomic mass is 16.2. The van der Waals surface area contributed by atoms with Gasteiger partial charge in [-0.15, -0.1) is 0 Å². The molecule has 0 fully saturated rings. The first-order chi connectivity index (χ1) is 18.5. The molecular formula is C29H33N7O3. The molecule has 39 heavy (non-hydrogen) atoms. The molecule has 0 aliphatic carbocycles. The maximum Gasteiger partial charge on any atom is 0.284 e. The molecule has 0 bridgehead atoms. The number of aromatic nitrogens is 4. The van der Waals surface area contributed by atoms with Gasteiger partial charge in [-0.2, -0.15) is 0 Å². The Balaban J connectivity index is 1.52.